The van der Waals surface area contributed by atoms with E-state index in [9.17, 15) is 19.9 Å². The fourth-order valence-electron chi connectivity index (χ4n) is 4.34. The Morgan fingerprint density at radius 3 is 1.75 bits per heavy atom. The number of rotatable bonds is 9. The summed E-state index contributed by atoms with van der Waals surface area (Å²) in [7, 11) is 0. The van der Waals surface area contributed by atoms with Crippen molar-refractivity contribution in [1.82, 2.24) is 0 Å². The Morgan fingerprint density at radius 2 is 1.25 bits per heavy atom. The van der Waals surface area contributed by atoms with Gasteiger partial charge in [-0.2, -0.15) is 0 Å². The Hall–Kier alpha value is -2.70. The molecule has 200 valence electrons. The van der Waals surface area contributed by atoms with E-state index in [4.69, 9.17) is 29.2 Å². The lowest BCUT2D eigenvalue weighted by Crippen LogP contribution is -2.56. The molecule has 0 radical (unpaired) electrons. The van der Waals surface area contributed by atoms with E-state index in [-0.39, 0.29) is 25.0 Å². The monoisotopic (exact) mass is 528 g/mol. The van der Waals surface area contributed by atoms with Gasteiger partial charge in [-0.3, -0.25) is 14.4 Å². The van der Waals surface area contributed by atoms with Crippen LogP contribution in [-0.2, 0) is 38.1 Å². The van der Waals surface area contributed by atoms with Gasteiger partial charge in [-0.1, -0.05) is 42.8 Å². The Balaban J connectivity index is 2.33. The van der Waals surface area contributed by atoms with Crippen LogP contribution in [0.25, 0.3) is 20.9 Å². The van der Waals surface area contributed by atoms with Crippen LogP contribution in [0.1, 0.15) is 41.5 Å². The maximum Gasteiger partial charge on any atom is 0.303 e. The van der Waals surface area contributed by atoms with Gasteiger partial charge in [-0.15, -0.1) is 0 Å². The average molecular weight is 529 g/mol. The highest BCUT2D eigenvalue weighted by Crippen LogP contribution is 2.44. The average Bonchev–Trinajstić information content (AvgIpc) is 2.80. The molecule has 0 N–H and O–H groups in total. The van der Waals surface area contributed by atoms with Crippen LogP contribution >= 0.6 is 11.8 Å². The number of carbonyl (C=O) groups is 3. The van der Waals surface area contributed by atoms with Crippen LogP contribution in [0.2, 0.25) is 0 Å². The smallest absolute Gasteiger partial charge is 0.303 e. The molecule has 2 saturated heterocycles. The summed E-state index contributed by atoms with van der Waals surface area (Å²) in [4.78, 5) is 40.4. The zero-order valence-electron chi connectivity index (χ0n) is 21.0. The van der Waals surface area contributed by atoms with Crippen molar-refractivity contribution >= 4 is 29.7 Å². The predicted octanol–water partition coefficient (Wildman–Crippen LogP) is 3.49. The fraction of sp³-hybridized carbons (Fsp3) is 0.857. The molecule has 36 heavy (non-hydrogen) atoms. The van der Waals surface area contributed by atoms with E-state index in [1.165, 1.54) is 32.5 Å². The highest BCUT2D eigenvalue weighted by molar-refractivity contribution is 8.00. The second-order valence-electron chi connectivity index (χ2n) is 8.87. The van der Waals surface area contributed by atoms with Gasteiger partial charge in [0.1, 0.15) is 36.3 Å². The number of esters is 3. The molecule has 2 heterocycles. The third-order valence-corrected chi connectivity index (χ3v) is 7.84. The number of hydrogen-bond donors (Lipinski definition) is 0. The molecule has 2 fully saturated rings. The normalized spacial score (nSPS) is 35.9. The number of thioether (sulfide) groups is 1. The Bertz CT molecular complexity index is 911. The van der Waals surface area contributed by atoms with Gasteiger partial charge in [-0.05, 0) is 17.0 Å². The summed E-state index contributed by atoms with van der Waals surface area (Å²) in [5, 5.41) is 7.83. The molecule has 2 aliphatic heterocycles. The Labute approximate surface area is 212 Å². The van der Waals surface area contributed by atoms with Crippen molar-refractivity contribution in [3.8, 4) is 0 Å². The molecule has 0 aliphatic carbocycles. The summed E-state index contributed by atoms with van der Waals surface area (Å²) in [5.74, 6) is -2.52. The molecule has 0 aromatic rings. The van der Waals surface area contributed by atoms with Crippen molar-refractivity contribution in [2.24, 2.45) is 28.0 Å². The van der Waals surface area contributed by atoms with Crippen molar-refractivity contribution in [1.29, 1.82) is 0 Å². The van der Waals surface area contributed by atoms with Crippen LogP contribution in [0.15, 0.2) is 10.2 Å². The summed E-state index contributed by atoms with van der Waals surface area (Å²) < 4.78 is 28.1. The van der Waals surface area contributed by atoms with E-state index in [1.807, 2.05) is 13.8 Å². The topological polar surface area (TPSA) is 195 Å². The number of nitrogens with zero attached hydrogens (tertiary/aromatic N) is 6. The lowest BCUT2D eigenvalue weighted by Gasteiger charge is -2.47. The molecule has 0 aromatic heterocycles. The minimum atomic E-state index is -0.970. The van der Waals surface area contributed by atoms with E-state index in [1.54, 1.807) is 6.92 Å². The first-order valence-corrected chi connectivity index (χ1v) is 12.4. The summed E-state index contributed by atoms with van der Waals surface area (Å²) in [6.07, 6.45) is -2.40. The SMILES string of the molecule is CC(=O)OCC1O[C@@H](S[C@@H]2O[C@H](COC(C)=O)[C@H](OC(C)=O)C(N=[N+]=[N-])C2C)C(C)[C@@H](N=[N+]=[N-])[C@H]1C. The summed E-state index contributed by atoms with van der Waals surface area (Å²) in [6, 6.07) is -1.26. The van der Waals surface area contributed by atoms with Gasteiger partial charge in [-0.25, -0.2) is 0 Å². The van der Waals surface area contributed by atoms with Crippen LogP contribution in [0.3, 0.4) is 0 Å². The Morgan fingerprint density at radius 1 is 0.778 bits per heavy atom. The van der Waals surface area contributed by atoms with Crippen LogP contribution in [0, 0.1) is 17.8 Å². The molecule has 15 heteroatoms. The second-order valence-corrected chi connectivity index (χ2v) is 10.1. The molecular weight excluding hydrogens is 496 g/mol. The second kappa shape index (κ2) is 13.6. The highest BCUT2D eigenvalue weighted by atomic mass is 32.2. The lowest BCUT2D eigenvalue weighted by atomic mass is 9.85. The first-order chi connectivity index (χ1) is 17.0. The maximum absolute atomic E-state index is 11.7. The molecular formula is C21H32N6O8S. The first kappa shape index (κ1) is 29.5. The van der Waals surface area contributed by atoms with Gasteiger partial charge in [0.2, 0.25) is 0 Å². The van der Waals surface area contributed by atoms with Crippen molar-refractivity contribution < 1.29 is 38.1 Å². The predicted molar refractivity (Wildman–Crippen MR) is 127 cm³/mol. The molecule has 0 amide bonds. The quantitative estimate of drug-likeness (QED) is 0.141. The van der Waals surface area contributed by atoms with E-state index >= 15 is 0 Å². The number of ether oxygens (including phenoxy) is 5. The maximum atomic E-state index is 11.7. The molecule has 10 atom stereocenters. The lowest BCUT2D eigenvalue weighted by molar-refractivity contribution is -0.183. The van der Waals surface area contributed by atoms with Crippen LogP contribution in [0.5, 0.6) is 0 Å². The van der Waals surface area contributed by atoms with E-state index in [2.05, 4.69) is 20.1 Å². The van der Waals surface area contributed by atoms with Crippen LogP contribution in [0.4, 0.5) is 0 Å². The largest absolute Gasteiger partial charge is 0.463 e. The highest BCUT2D eigenvalue weighted by Gasteiger charge is 2.49. The molecule has 0 bridgehead atoms. The number of hydrogen-bond acceptors (Lipinski definition) is 11. The minimum Gasteiger partial charge on any atom is -0.463 e. The standard InChI is InChI=1S/C21H32N6O8S/c1-9-15(7-31-12(4)28)34-20(10(2)17(9)24-26-22)36-21-11(3)18(25-27-23)19(33-14(6)30)16(35-21)8-32-13(5)29/h9-11,15-21H,7-8H2,1-6H3/t9-,10?,11?,15?,16+,17-,18?,19-,20-,21-/m0/s1. The summed E-state index contributed by atoms with van der Waals surface area (Å²) in [6.45, 7) is 9.05. The minimum absolute atomic E-state index is 0.0102. The molecule has 2 aliphatic rings. The third kappa shape index (κ3) is 7.65. The van der Waals surface area contributed by atoms with E-state index in [0.29, 0.717) is 0 Å². The zero-order chi connectivity index (χ0) is 27.0. The van der Waals surface area contributed by atoms with Crippen molar-refractivity contribution in [3.05, 3.63) is 20.9 Å². The molecule has 0 aromatic carbocycles. The van der Waals surface area contributed by atoms with Gasteiger partial charge >= 0.3 is 17.9 Å². The molecule has 4 unspecified atom stereocenters. The van der Waals surface area contributed by atoms with Gasteiger partial charge < -0.3 is 23.7 Å². The zero-order valence-corrected chi connectivity index (χ0v) is 21.9. The fourth-order valence-corrected chi connectivity index (χ4v) is 5.84. The summed E-state index contributed by atoms with van der Waals surface area (Å²) in [5.41, 5.74) is 17.1. The van der Waals surface area contributed by atoms with Crippen LogP contribution < -0.4 is 0 Å². The van der Waals surface area contributed by atoms with Crippen LogP contribution in [-0.4, -0.2) is 72.4 Å². The van der Waals surface area contributed by atoms with Crippen molar-refractivity contribution in [2.75, 3.05) is 13.2 Å². The number of carbonyl (C=O) groups excluding carboxylic acids is 3. The van der Waals surface area contributed by atoms with E-state index in [0.717, 1.165) is 0 Å². The van der Waals surface area contributed by atoms with Gasteiger partial charge in [0, 0.05) is 48.5 Å². The van der Waals surface area contributed by atoms with Gasteiger partial charge in [0.15, 0.2) is 0 Å². The van der Waals surface area contributed by atoms with Crippen molar-refractivity contribution in [3.63, 3.8) is 0 Å². The van der Waals surface area contributed by atoms with Gasteiger partial charge in [0.25, 0.3) is 0 Å². The van der Waals surface area contributed by atoms with Crippen molar-refractivity contribution in [2.45, 2.75) is 82.8 Å². The third-order valence-electron chi connectivity index (χ3n) is 6.22. The number of azide groups is 2. The van der Waals surface area contributed by atoms with E-state index < -0.39 is 65.1 Å². The summed E-state index contributed by atoms with van der Waals surface area (Å²) >= 11 is 1.28. The first-order valence-electron chi connectivity index (χ1n) is 11.5. The molecule has 14 nitrogen and oxygen atoms in total. The molecule has 0 saturated carbocycles. The molecule has 0 spiro atoms. The Kier molecular flexibility index (Phi) is 11.1. The molecule has 2 rings (SSSR count). The van der Waals surface area contributed by atoms with Gasteiger partial charge in [0.05, 0.1) is 12.1 Å².